The summed E-state index contributed by atoms with van der Waals surface area (Å²) in [6.45, 7) is 5.35. The van der Waals surface area contributed by atoms with Crippen LogP contribution in [0.2, 0.25) is 0 Å². The molecule has 3 N–H and O–H groups in total. The number of hydrogen-bond acceptors (Lipinski definition) is 4. The number of hydrogen-bond donors (Lipinski definition) is 2. The van der Waals surface area contributed by atoms with Crippen molar-refractivity contribution in [3.8, 4) is 11.5 Å². The Morgan fingerprint density at radius 2 is 2.05 bits per heavy atom. The molecule has 0 bridgehead atoms. The lowest BCUT2D eigenvalue weighted by molar-refractivity contribution is -0.125. The van der Waals surface area contributed by atoms with Crippen LogP contribution in [0.1, 0.15) is 31.9 Å². The minimum absolute atomic E-state index is 0.0192. The van der Waals surface area contributed by atoms with Crippen LogP contribution in [0.5, 0.6) is 11.5 Å². The number of ether oxygens (including phenoxy) is 2. The van der Waals surface area contributed by atoms with E-state index in [1.165, 1.54) is 0 Å². The van der Waals surface area contributed by atoms with Gasteiger partial charge in [0, 0.05) is 12.5 Å². The van der Waals surface area contributed by atoms with Crippen molar-refractivity contribution < 1.29 is 14.3 Å². The van der Waals surface area contributed by atoms with Crippen LogP contribution in [-0.4, -0.2) is 25.7 Å². The molecule has 1 aliphatic heterocycles. The summed E-state index contributed by atoms with van der Waals surface area (Å²) < 4.78 is 11.1. The lowest BCUT2D eigenvalue weighted by Gasteiger charge is -2.23. The van der Waals surface area contributed by atoms with E-state index in [1.54, 1.807) is 0 Å². The molecule has 1 aliphatic rings. The lowest BCUT2D eigenvalue weighted by atomic mass is 10.0. The van der Waals surface area contributed by atoms with Gasteiger partial charge in [-0.15, -0.1) is 0 Å². The van der Waals surface area contributed by atoms with E-state index < -0.39 is 0 Å². The average Bonchev–Trinajstić information content (AvgIpc) is 2.51. The van der Waals surface area contributed by atoms with Gasteiger partial charge in [-0.25, -0.2) is 0 Å². The van der Waals surface area contributed by atoms with Crippen LogP contribution in [0, 0.1) is 5.92 Å². The Balaban J connectivity index is 2.13. The summed E-state index contributed by atoms with van der Waals surface area (Å²) in [6, 6.07) is 5.77. The maximum absolute atomic E-state index is 12.0. The molecule has 20 heavy (non-hydrogen) atoms. The fourth-order valence-corrected chi connectivity index (χ4v) is 2.12. The maximum Gasteiger partial charge on any atom is 0.224 e. The summed E-state index contributed by atoms with van der Waals surface area (Å²) in [5.74, 6) is 1.31. The highest BCUT2D eigenvalue weighted by atomic mass is 16.6. The standard InChI is InChI=1S/C15H22N2O3/c1-3-12(17-15(18)10(2)9-16)11-4-5-13-14(8-11)20-7-6-19-13/h4-5,8,10,12H,3,6-7,9,16H2,1-2H3,(H,17,18). The quantitative estimate of drug-likeness (QED) is 0.858. The second-order valence-electron chi connectivity index (χ2n) is 5.01. The van der Waals surface area contributed by atoms with E-state index in [-0.39, 0.29) is 17.9 Å². The first-order valence-electron chi connectivity index (χ1n) is 7.05. The summed E-state index contributed by atoms with van der Waals surface area (Å²) >= 11 is 0. The molecule has 1 amide bonds. The number of benzene rings is 1. The van der Waals surface area contributed by atoms with E-state index in [1.807, 2.05) is 32.0 Å². The van der Waals surface area contributed by atoms with Gasteiger partial charge in [0.05, 0.1) is 6.04 Å². The Kier molecular flexibility index (Phi) is 4.84. The largest absolute Gasteiger partial charge is 0.486 e. The van der Waals surface area contributed by atoms with Gasteiger partial charge in [-0.05, 0) is 24.1 Å². The molecule has 2 unspecified atom stereocenters. The topological polar surface area (TPSA) is 73.6 Å². The van der Waals surface area contributed by atoms with Crippen LogP contribution in [0.3, 0.4) is 0 Å². The van der Waals surface area contributed by atoms with Gasteiger partial charge in [-0.3, -0.25) is 4.79 Å². The van der Waals surface area contributed by atoms with Gasteiger partial charge in [-0.2, -0.15) is 0 Å². The van der Waals surface area contributed by atoms with Crippen molar-refractivity contribution in [3.05, 3.63) is 23.8 Å². The molecule has 0 radical (unpaired) electrons. The molecule has 0 spiro atoms. The van der Waals surface area contributed by atoms with Crippen molar-refractivity contribution in [1.82, 2.24) is 5.32 Å². The molecule has 0 saturated carbocycles. The summed E-state index contributed by atoms with van der Waals surface area (Å²) in [5.41, 5.74) is 6.55. The normalized spacial score (nSPS) is 16.4. The Labute approximate surface area is 119 Å². The second-order valence-corrected chi connectivity index (χ2v) is 5.01. The first-order valence-corrected chi connectivity index (χ1v) is 7.05. The van der Waals surface area contributed by atoms with E-state index in [4.69, 9.17) is 15.2 Å². The first kappa shape index (κ1) is 14.7. The van der Waals surface area contributed by atoms with Crippen LogP contribution in [0.25, 0.3) is 0 Å². The van der Waals surface area contributed by atoms with Crippen LogP contribution >= 0.6 is 0 Å². The molecule has 0 aromatic heterocycles. The van der Waals surface area contributed by atoms with Gasteiger partial charge < -0.3 is 20.5 Å². The van der Waals surface area contributed by atoms with E-state index in [9.17, 15) is 4.79 Å². The minimum atomic E-state index is -0.179. The smallest absolute Gasteiger partial charge is 0.224 e. The molecule has 0 saturated heterocycles. The molecular formula is C15H22N2O3. The predicted molar refractivity (Wildman–Crippen MR) is 76.8 cm³/mol. The zero-order chi connectivity index (χ0) is 14.5. The van der Waals surface area contributed by atoms with Gasteiger partial charge in [0.2, 0.25) is 5.91 Å². The molecule has 110 valence electrons. The van der Waals surface area contributed by atoms with Crippen molar-refractivity contribution >= 4 is 5.91 Å². The Morgan fingerprint density at radius 3 is 2.70 bits per heavy atom. The molecule has 2 rings (SSSR count). The van der Waals surface area contributed by atoms with Crippen molar-refractivity contribution in [2.75, 3.05) is 19.8 Å². The summed E-state index contributed by atoms with van der Waals surface area (Å²) in [5, 5.41) is 3.03. The third-order valence-corrected chi connectivity index (χ3v) is 3.49. The number of amides is 1. The number of rotatable bonds is 5. The fraction of sp³-hybridized carbons (Fsp3) is 0.533. The number of nitrogens with one attached hydrogen (secondary N) is 1. The van der Waals surface area contributed by atoms with Crippen LogP contribution in [0.15, 0.2) is 18.2 Å². The van der Waals surface area contributed by atoms with Crippen molar-refractivity contribution in [1.29, 1.82) is 0 Å². The van der Waals surface area contributed by atoms with Gasteiger partial charge in [-0.1, -0.05) is 19.9 Å². The maximum atomic E-state index is 12.0. The van der Waals surface area contributed by atoms with E-state index >= 15 is 0 Å². The molecule has 1 aromatic carbocycles. The van der Waals surface area contributed by atoms with Gasteiger partial charge in [0.15, 0.2) is 11.5 Å². The highest BCUT2D eigenvalue weighted by Crippen LogP contribution is 2.33. The monoisotopic (exact) mass is 278 g/mol. The molecule has 5 heteroatoms. The van der Waals surface area contributed by atoms with E-state index in [0.717, 1.165) is 23.5 Å². The Hall–Kier alpha value is -1.75. The Bertz CT molecular complexity index is 476. The zero-order valence-corrected chi connectivity index (χ0v) is 12.0. The second kappa shape index (κ2) is 6.61. The predicted octanol–water partition coefficient (Wildman–Crippen LogP) is 1.62. The first-order chi connectivity index (χ1) is 9.65. The summed E-state index contributed by atoms with van der Waals surface area (Å²) in [7, 11) is 0. The molecule has 1 heterocycles. The molecule has 2 atom stereocenters. The van der Waals surface area contributed by atoms with E-state index in [0.29, 0.717) is 19.8 Å². The van der Waals surface area contributed by atoms with Crippen molar-refractivity contribution in [2.45, 2.75) is 26.3 Å². The minimum Gasteiger partial charge on any atom is -0.486 e. The van der Waals surface area contributed by atoms with Crippen LogP contribution < -0.4 is 20.5 Å². The molecular weight excluding hydrogens is 256 g/mol. The lowest BCUT2D eigenvalue weighted by Crippen LogP contribution is -2.35. The van der Waals surface area contributed by atoms with Crippen molar-refractivity contribution in [2.24, 2.45) is 11.7 Å². The SMILES string of the molecule is CCC(NC(=O)C(C)CN)c1ccc2c(c1)OCCO2. The van der Waals surface area contributed by atoms with Crippen LogP contribution in [-0.2, 0) is 4.79 Å². The van der Waals surface area contributed by atoms with Gasteiger partial charge in [0.25, 0.3) is 0 Å². The average molecular weight is 278 g/mol. The Morgan fingerprint density at radius 1 is 1.35 bits per heavy atom. The third kappa shape index (κ3) is 3.22. The molecule has 0 aliphatic carbocycles. The molecule has 0 fully saturated rings. The number of nitrogens with two attached hydrogens (primary N) is 1. The van der Waals surface area contributed by atoms with Crippen LogP contribution in [0.4, 0.5) is 0 Å². The number of carbonyl (C=O) groups excluding carboxylic acids is 1. The fourth-order valence-electron chi connectivity index (χ4n) is 2.12. The van der Waals surface area contributed by atoms with Gasteiger partial charge >= 0.3 is 0 Å². The summed E-state index contributed by atoms with van der Waals surface area (Å²) in [4.78, 5) is 12.0. The van der Waals surface area contributed by atoms with E-state index in [2.05, 4.69) is 5.32 Å². The molecule has 1 aromatic rings. The highest BCUT2D eigenvalue weighted by molar-refractivity contribution is 5.79. The summed E-state index contributed by atoms with van der Waals surface area (Å²) in [6.07, 6.45) is 0.808. The molecule has 5 nitrogen and oxygen atoms in total. The van der Waals surface area contributed by atoms with Crippen molar-refractivity contribution in [3.63, 3.8) is 0 Å². The third-order valence-electron chi connectivity index (χ3n) is 3.49. The van der Waals surface area contributed by atoms with Gasteiger partial charge in [0.1, 0.15) is 13.2 Å². The highest BCUT2D eigenvalue weighted by Gasteiger charge is 2.19. The zero-order valence-electron chi connectivity index (χ0n) is 12.0. The number of carbonyl (C=O) groups is 1. The number of fused-ring (bicyclic) bond motifs is 1.